The fourth-order valence-electron chi connectivity index (χ4n) is 3.21. The minimum Gasteiger partial charge on any atom is -0.262 e. The predicted octanol–water partition coefficient (Wildman–Crippen LogP) is 3.85. The molecule has 0 fully saturated rings. The van der Waals surface area contributed by atoms with Crippen LogP contribution in [0.1, 0.15) is 31.8 Å². The number of aromatic nitrogens is 6. The monoisotopic (exact) mass is 354 g/mol. The van der Waals surface area contributed by atoms with E-state index in [1.165, 1.54) is 0 Å². The van der Waals surface area contributed by atoms with E-state index in [4.69, 9.17) is 16.6 Å². The van der Waals surface area contributed by atoms with E-state index in [-0.39, 0.29) is 0 Å². The van der Waals surface area contributed by atoms with Crippen LogP contribution in [0.2, 0.25) is 5.02 Å². The summed E-state index contributed by atoms with van der Waals surface area (Å²) >= 11 is 6.05. The van der Waals surface area contributed by atoms with Gasteiger partial charge in [-0.15, -0.1) is 10.2 Å². The number of nitrogens with zero attached hydrogens (tertiary/aromatic N) is 6. The summed E-state index contributed by atoms with van der Waals surface area (Å²) in [7, 11) is 1.94. The molecule has 3 heterocycles. The molecule has 0 N–H and O–H groups in total. The van der Waals surface area contributed by atoms with Crippen LogP contribution < -0.4 is 0 Å². The Morgan fingerprint density at radius 1 is 1.08 bits per heavy atom. The SMILES string of the molecule is CCCc1nn(C)c2c1nc(-c1ccc(Cl)cc1)n1c(CC)nnc21. The summed E-state index contributed by atoms with van der Waals surface area (Å²) < 4.78 is 3.89. The van der Waals surface area contributed by atoms with Crippen LogP contribution in [0.4, 0.5) is 0 Å². The molecule has 0 bridgehead atoms. The summed E-state index contributed by atoms with van der Waals surface area (Å²) in [4.78, 5) is 4.98. The summed E-state index contributed by atoms with van der Waals surface area (Å²) in [6.07, 6.45) is 2.67. The molecule has 4 aromatic rings. The number of hydrogen-bond acceptors (Lipinski definition) is 4. The highest BCUT2D eigenvalue weighted by molar-refractivity contribution is 6.30. The Labute approximate surface area is 150 Å². The Bertz CT molecular complexity index is 1060. The summed E-state index contributed by atoms with van der Waals surface area (Å²) in [5, 5.41) is 14.2. The summed E-state index contributed by atoms with van der Waals surface area (Å²) in [5.41, 5.74) is 4.60. The lowest BCUT2D eigenvalue weighted by molar-refractivity contribution is 0.753. The van der Waals surface area contributed by atoms with E-state index < -0.39 is 0 Å². The maximum absolute atomic E-state index is 6.05. The first-order valence-corrected chi connectivity index (χ1v) is 8.87. The van der Waals surface area contributed by atoms with Crippen molar-refractivity contribution in [2.24, 2.45) is 7.05 Å². The average Bonchev–Trinajstić information content (AvgIpc) is 3.17. The van der Waals surface area contributed by atoms with Crippen molar-refractivity contribution in [2.75, 3.05) is 0 Å². The van der Waals surface area contributed by atoms with Gasteiger partial charge in [-0.3, -0.25) is 9.08 Å². The van der Waals surface area contributed by atoms with Crippen LogP contribution in [-0.2, 0) is 19.9 Å². The van der Waals surface area contributed by atoms with Gasteiger partial charge in [-0.25, -0.2) is 4.98 Å². The number of aryl methyl sites for hydroxylation is 3. The molecule has 0 atom stereocenters. The van der Waals surface area contributed by atoms with Crippen molar-refractivity contribution in [1.82, 2.24) is 29.4 Å². The van der Waals surface area contributed by atoms with Crippen molar-refractivity contribution in [1.29, 1.82) is 0 Å². The van der Waals surface area contributed by atoms with Gasteiger partial charge in [0.1, 0.15) is 22.7 Å². The Balaban J connectivity index is 2.12. The van der Waals surface area contributed by atoms with Gasteiger partial charge in [0, 0.05) is 24.1 Å². The van der Waals surface area contributed by atoms with Gasteiger partial charge >= 0.3 is 0 Å². The lowest BCUT2D eigenvalue weighted by Gasteiger charge is -2.08. The van der Waals surface area contributed by atoms with Crippen molar-refractivity contribution in [2.45, 2.75) is 33.1 Å². The standard InChI is InChI=1S/C18H19ClN6/c1-4-6-13-15-16(24(3)23-13)18-22-21-14(5-2)25(18)17(20-15)11-7-9-12(19)10-8-11/h7-10H,4-6H2,1-3H3. The quantitative estimate of drug-likeness (QED) is 0.558. The second-order valence-corrected chi connectivity index (χ2v) is 6.53. The Morgan fingerprint density at radius 3 is 2.52 bits per heavy atom. The maximum Gasteiger partial charge on any atom is 0.190 e. The third-order valence-corrected chi connectivity index (χ3v) is 4.62. The molecule has 0 saturated carbocycles. The molecule has 0 saturated heterocycles. The summed E-state index contributed by atoms with van der Waals surface area (Å²) in [6.45, 7) is 4.21. The molecule has 0 aliphatic carbocycles. The van der Waals surface area contributed by atoms with Crippen molar-refractivity contribution in [3.05, 3.63) is 40.8 Å². The van der Waals surface area contributed by atoms with Crippen molar-refractivity contribution in [3.63, 3.8) is 0 Å². The molecule has 0 aliphatic rings. The Kier molecular flexibility index (Phi) is 3.92. The minimum absolute atomic E-state index is 0.702. The fraction of sp³-hybridized carbons (Fsp3) is 0.333. The van der Waals surface area contributed by atoms with Gasteiger partial charge < -0.3 is 0 Å². The van der Waals surface area contributed by atoms with Gasteiger partial charge in [-0.05, 0) is 30.7 Å². The number of benzene rings is 1. The maximum atomic E-state index is 6.05. The number of hydrogen-bond donors (Lipinski definition) is 0. The first-order chi connectivity index (χ1) is 12.1. The van der Waals surface area contributed by atoms with E-state index in [1.54, 1.807) is 0 Å². The summed E-state index contributed by atoms with van der Waals surface area (Å²) in [5.74, 6) is 1.71. The van der Waals surface area contributed by atoms with Gasteiger partial charge in [0.15, 0.2) is 5.65 Å². The highest BCUT2D eigenvalue weighted by Crippen LogP contribution is 2.28. The van der Waals surface area contributed by atoms with Gasteiger partial charge in [0.25, 0.3) is 0 Å². The molecule has 3 aromatic heterocycles. The first-order valence-electron chi connectivity index (χ1n) is 8.49. The average molecular weight is 355 g/mol. The van der Waals surface area contributed by atoms with Crippen LogP contribution in [0.5, 0.6) is 0 Å². The molecule has 0 spiro atoms. The smallest absolute Gasteiger partial charge is 0.190 e. The molecule has 7 heteroatoms. The number of rotatable bonds is 4. The highest BCUT2D eigenvalue weighted by atomic mass is 35.5. The lowest BCUT2D eigenvalue weighted by Crippen LogP contribution is -2.02. The Hall–Kier alpha value is -2.47. The van der Waals surface area contributed by atoms with E-state index in [0.29, 0.717) is 5.02 Å². The molecular weight excluding hydrogens is 336 g/mol. The predicted molar refractivity (Wildman–Crippen MR) is 98.9 cm³/mol. The molecule has 0 unspecified atom stereocenters. The zero-order valence-electron chi connectivity index (χ0n) is 14.5. The third kappa shape index (κ3) is 2.48. The largest absolute Gasteiger partial charge is 0.262 e. The minimum atomic E-state index is 0.702. The molecule has 4 rings (SSSR count). The normalized spacial score (nSPS) is 11.7. The van der Waals surface area contributed by atoms with Crippen LogP contribution in [0.15, 0.2) is 24.3 Å². The van der Waals surface area contributed by atoms with Crippen molar-refractivity contribution >= 4 is 28.3 Å². The molecule has 1 aromatic carbocycles. The van der Waals surface area contributed by atoms with Crippen LogP contribution in [0.3, 0.4) is 0 Å². The van der Waals surface area contributed by atoms with Crippen molar-refractivity contribution < 1.29 is 0 Å². The number of halogens is 1. The van der Waals surface area contributed by atoms with E-state index in [2.05, 4.69) is 29.1 Å². The van der Waals surface area contributed by atoms with E-state index in [0.717, 1.165) is 58.8 Å². The molecule has 25 heavy (non-hydrogen) atoms. The van der Waals surface area contributed by atoms with E-state index >= 15 is 0 Å². The molecular formula is C18H19ClN6. The second kappa shape index (κ2) is 6.11. The second-order valence-electron chi connectivity index (χ2n) is 6.09. The van der Waals surface area contributed by atoms with Crippen LogP contribution >= 0.6 is 11.6 Å². The first kappa shape index (κ1) is 16.0. The van der Waals surface area contributed by atoms with Crippen LogP contribution in [0.25, 0.3) is 28.1 Å². The lowest BCUT2D eigenvalue weighted by atomic mass is 10.2. The third-order valence-electron chi connectivity index (χ3n) is 4.37. The molecule has 0 amide bonds. The fourth-order valence-corrected chi connectivity index (χ4v) is 3.34. The zero-order valence-corrected chi connectivity index (χ0v) is 15.2. The molecule has 0 aliphatic heterocycles. The van der Waals surface area contributed by atoms with Gasteiger partial charge in [-0.2, -0.15) is 5.10 Å². The van der Waals surface area contributed by atoms with Crippen molar-refractivity contribution in [3.8, 4) is 11.4 Å². The Morgan fingerprint density at radius 2 is 1.84 bits per heavy atom. The van der Waals surface area contributed by atoms with E-state index in [1.807, 2.05) is 40.4 Å². The number of fused-ring (bicyclic) bond motifs is 3. The van der Waals surface area contributed by atoms with Gasteiger partial charge in [-0.1, -0.05) is 31.9 Å². The van der Waals surface area contributed by atoms with Gasteiger partial charge in [0.2, 0.25) is 0 Å². The van der Waals surface area contributed by atoms with E-state index in [9.17, 15) is 0 Å². The topological polar surface area (TPSA) is 60.9 Å². The van der Waals surface area contributed by atoms with Gasteiger partial charge in [0.05, 0.1) is 5.69 Å². The molecule has 6 nitrogen and oxygen atoms in total. The molecule has 128 valence electrons. The van der Waals surface area contributed by atoms with Crippen LogP contribution in [0, 0.1) is 0 Å². The zero-order chi connectivity index (χ0) is 17.6. The summed E-state index contributed by atoms with van der Waals surface area (Å²) in [6, 6.07) is 7.71. The molecule has 0 radical (unpaired) electrons. The highest BCUT2D eigenvalue weighted by Gasteiger charge is 2.20. The van der Waals surface area contributed by atoms with Crippen LogP contribution in [-0.4, -0.2) is 29.4 Å².